The van der Waals surface area contributed by atoms with E-state index in [0.717, 1.165) is 52.9 Å². The summed E-state index contributed by atoms with van der Waals surface area (Å²) >= 11 is 1.16. The van der Waals surface area contributed by atoms with Crippen LogP contribution in [-0.4, -0.2) is 86.7 Å². The molecule has 0 saturated heterocycles. The van der Waals surface area contributed by atoms with E-state index in [0.29, 0.717) is 9.97 Å². The predicted octanol–water partition coefficient (Wildman–Crippen LogP) is 0.388. The van der Waals surface area contributed by atoms with Crippen molar-refractivity contribution in [3.8, 4) is 0 Å². The summed E-state index contributed by atoms with van der Waals surface area (Å²) in [5, 5.41) is 12.8. The molecule has 17 heteroatoms. The van der Waals surface area contributed by atoms with Crippen LogP contribution in [0.25, 0.3) is 4.96 Å². The average Bonchev–Trinajstić information content (AvgIpc) is 3.34. The Morgan fingerprint density at radius 3 is 1.72 bits per heavy atom. The first-order chi connectivity index (χ1) is 18.2. The van der Waals surface area contributed by atoms with Crippen molar-refractivity contribution in [3.63, 3.8) is 0 Å². The topological polar surface area (TPSA) is 201 Å². The fourth-order valence-corrected chi connectivity index (χ4v) is 4.20. The molecule has 0 aliphatic rings. The van der Waals surface area contributed by atoms with E-state index >= 15 is 0 Å². The first kappa shape index (κ1) is 31.1. The Bertz CT molecular complexity index is 1240. The number of aromatic nitrogens is 4. The lowest BCUT2D eigenvalue weighted by Crippen LogP contribution is -2.55. The Balaban J connectivity index is 2.77. The van der Waals surface area contributed by atoms with E-state index in [4.69, 9.17) is 28.4 Å². The SMILES string of the molecule is CC(=O)OC[C@@H](OC(C)=O)[C@@H](OC(C)=O)[C@H](OC(C)=O)[C@@H](OC(C)=O)[C@@H](OC(C)=O)c1nnc2sc(C)nn12. The Morgan fingerprint density at radius 2 is 1.21 bits per heavy atom. The van der Waals surface area contributed by atoms with Gasteiger partial charge in [-0.2, -0.15) is 9.61 Å². The summed E-state index contributed by atoms with van der Waals surface area (Å²) in [5.74, 6) is -5.42. The van der Waals surface area contributed by atoms with Gasteiger partial charge in [0.05, 0.1) is 0 Å². The number of esters is 6. The monoisotopic (exact) mass is 572 g/mol. The summed E-state index contributed by atoms with van der Waals surface area (Å²) in [6.07, 6.45) is -8.48. The van der Waals surface area contributed by atoms with Crippen LogP contribution in [0, 0.1) is 6.92 Å². The third-order valence-electron chi connectivity index (χ3n) is 4.65. The predicted molar refractivity (Wildman–Crippen MR) is 127 cm³/mol. The highest BCUT2D eigenvalue weighted by Crippen LogP contribution is 2.32. The van der Waals surface area contributed by atoms with Gasteiger partial charge in [0.25, 0.3) is 0 Å². The zero-order valence-electron chi connectivity index (χ0n) is 22.2. The number of fused-ring (bicyclic) bond motifs is 1. The normalized spacial score (nSPS) is 14.7. The van der Waals surface area contributed by atoms with Gasteiger partial charge in [-0.3, -0.25) is 28.8 Å². The zero-order chi connectivity index (χ0) is 29.4. The molecule has 0 spiro atoms. The fourth-order valence-electron chi connectivity index (χ4n) is 3.51. The summed E-state index contributed by atoms with van der Waals surface area (Å²) in [6, 6.07) is 0. The molecule has 0 bridgehead atoms. The molecule has 0 unspecified atom stereocenters. The lowest BCUT2D eigenvalue weighted by molar-refractivity contribution is -0.214. The van der Waals surface area contributed by atoms with Crippen LogP contribution in [0.4, 0.5) is 0 Å². The highest BCUT2D eigenvalue weighted by molar-refractivity contribution is 7.16. The number of carbonyl (C=O) groups excluding carboxylic acids is 6. The standard InChI is InChI=1S/C22H28N4O12S/c1-9-25-26-21(23-24-22(26)39-9)20(38-15(7)32)19(37-14(6)31)18(36-13(5)30)17(35-12(4)29)16(34-11(3)28)8-33-10(2)27/h16-20H,8H2,1-7H3/t16-,17-,18+,19-,20-/m1/s1. The lowest BCUT2D eigenvalue weighted by Gasteiger charge is -2.37. The maximum Gasteiger partial charge on any atom is 0.303 e. The van der Waals surface area contributed by atoms with E-state index < -0.39 is 72.9 Å². The minimum Gasteiger partial charge on any atom is -0.462 e. The van der Waals surface area contributed by atoms with Crippen LogP contribution < -0.4 is 0 Å². The molecule has 2 aromatic rings. The minimum atomic E-state index is -1.80. The van der Waals surface area contributed by atoms with Crippen LogP contribution >= 0.6 is 11.3 Å². The molecule has 0 radical (unpaired) electrons. The summed E-state index contributed by atoms with van der Waals surface area (Å²) in [5.41, 5.74) is 0. The van der Waals surface area contributed by atoms with Crippen molar-refractivity contribution in [2.45, 2.75) is 79.0 Å². The van der Waals surface area contributed by atoms with Gasteiger partial charge >= 0.3 is 35.8 Å². The molecular formula is C22H28N4O12S. The third-order valence-corrected chi connectivity index (χ3v) is 5.46. The molecule has 0 saturated carbocycles. The number of rotatable bonds is 12. The van der Waals surface area contributed by atoms with Gasteiger partial charge in [0.2, 0.25) is 11.1 Å². The van der Waals surface area contributed by atoms with Crippen LogP contribution in [0.5, 0.6) is 0 Å². The smallest absolute Gasteiger partial charge is 0.303 e. The van der Waals surface area contributed by atoms with Crippen molar-refractivity contribution in [2.24, 2.45) is 0 Å². The van der Waals surface area contributed by atoms with E-state index in [9.17, 15) is 28.8 Å². The molecule has 39 heavy (non-hydrogen) atoms. The number of hydrogen-bond donors (Lipinski definition) is 0. The van der Waals surface area contributed by atoms with Crippen molar-refractivity contribution in [2.75, 3.05) is 6.61 Å². The molecular weight excluding hydrogens is 544 g/mol. The second-order valence-electron chi connectivity index (χ2n) is 8.08. The average molecular weight is 573 g/mol. The molecule has 16 nitrogen and oxygen atoms in total. The maximum absolute atomic E-state index is 12.3. The van der Waals surface area contributed by atoms with Crippen LogP contribution in [0.3, 0.4) is 0 Å². The Kier molecular flexibility index (Phi) is 10.8. The van der Waals surface area contributed by atoms with Gasteiger partial charge in [-0.05, 0) is 6.92 Å². The Labute approximate surface area is 225 Å². The fraction of sp³-hybridized carbons (Fsp3) is 0.591. The van der Waals surface area contributed by atoms with E-state index in [1.165, 1.54) is 4.52 Å². The first-order valence-corrected chi connectivity index (χ1v) is 12.2. The molecule has 5 atom stereocenters. The van der Waals surface area contributed by atoms with Gasteiger partial charge in [-0.25, -0.2) is 0 Å². The number of aryl methyl sites for hydroxylation is 1. The van der Waals surface area contributed by atoms with Gasteiger partial charge in [0, 0.05) is 41.5 Å². The summed E-state index contributed by atoms with van der Waals surface area (Å²) in [7, 11) is 0. The molecule has 2 aromatic heterocycles. The number of carbonyl (C=O) groups is 6. The van der Waals surface area contributed by atoms with E-state index in [2.05, 4.69) is 15.3 Å². The van der Waals surface area contributed by atoms with Gasteiger partial charge in [0.15, 0.2) is 30.2 Å². The molecule has 0 fully saturated rings. The van der Waals surface area contributed by atoms with Crippen LogP contribution in [0.2, 0.25) is 0 Å². The van der Waals surface area contributed by atoms with Crippen molar-refractivity contribution in [1.82, 2.24) is 19.8 Å². The summed E-state index contributed by atoms with van der Waals surface area (Å²) in [4.78, 5) is 72.5. The number of nitrogens with zero attached hydrogens (tertiary/aromatic N) is 4. The molecule has 0 aromatic carbocycles. The largest absolute Gasteiger partial charge is 0.462 e. The molecule has 0 aliphatic heterocycles. The second kappa shape index (κ2) is 13.6. The van der Waals surface area contributed by atoms with Crippen molar-refractivity contribution < 1.29 is 57.2 Å². The highest BCUT2D eigenvalue weighted by atomic mass is 32.1. The minimum absolute atomic E-state index is 0.126. The van der Waals surface area contributed by atoms with Crippen LogP contribution in [0.15, 0.2) is 0 Å². The maximum atomic E-state index is 12.3. The van der Waals surface area contributed by atoms with Gasteiger partial charge in [0.1, 0.15) is 11.6 Å². The summed E-state index contributed by atoms with van der Waals surface area (Å²) in [6.45, 7) is 7.28. The number of ether oxygens (including phenoxy) is 6. The van der Waals surface area contributed by atoms with Gasteiger partial charge in [-0.15, -0.1) is 10.2 Å². The van der Waals surface area contributed by atoms with Crippen LogP contribution in [-0.2, 0) is 57.2 Å². The molecule has 214 valence electrons. The van der Waals surface area contributed by atoms with E-state index in [1.54, 1.807) is 6.92 Å². The van der Waals surface area contributed by atoms with Crippen molar-refractivity contribution >= 4 is 52.1 Å². The second-order valence-corrected chi connectivity index (χ2v) is 9.24. The highest BCUT2D eigenvalue weighted by Gasteiger charge is 2.49. The summed E-state index contributed by atoms with van der Waals surface area (Å²) < 4.78 is 33.1. The molecule has 2 rings (SSSR count). The van der Waals surface area contributed by atoms with E-state index in [1.807, 2.05) is 0 Å². The quantitative estimate of drug-likeness (QED) is 0.249. The van der Waals surface area contributed by atoms with Gasteiger partial charge < -0.3 is 28.4 Å². The molecule has 0 aliphatic carbocycles. The Hall–Kier alpha value is -4.15. The molecule has 0 amide bonds. The number of hydrogen-bond acceptors (Lipinski definition) is 16. The van der Waals surface area contributed by atoms with Crippen molar-refractivity contribution in [1.29, 1.82) is 0 Å². The van der Waals surface area contributed by atoms with Crippen molar-refractivity contribution in [3.05, 3.63) is 10.8 Å². The molecule has 0 N–H and O–H groups in total. The van der Waals surface area contributed by atoms with E-state index in [-0.39, 0.29) is 5.82 Å². The van der Waals surface area contributed by atoms with Crippen LogP contribution in [0.1, 0.15) is 58.5 Å². The first-order valence-electron chi connectivity index (χ1n) is 11.4. The van der Waals surface area contributed by atoms with Gasteiger partial charge in [-0.1, -0.05) is 11.3 Å². The Morgan fingerprint density at radius 1 is 0.692 bits per heavy atom. The molecule has 2 heterocycles. The third kappa shape index (κ3) is 8.98. The zero-order valence-corrected chi connectivity index (χ0v) is 23.0. The lowest BCUT2D eigenvalue weighted by atomic mass is 9.97.